The third-order valence-electron chi connectivity index (χ3n) is 4.43. The van der Waals surface area contributed by atoms with Gasteiger partial charge in [-0.15, -0.1) is 0 Å². The standard InChI is InChI=1S/C20H12BrNO5S/c21-14-10-15(28(25,26)27)18(22-11-6-2-1-3-7-11)17-16(14)19(23)12-8-4-5-9-13(12)20(17)24/h1-10,22H,(H,25,26,27). The molecule has 0 radical (unpaired) electrons. The van der Waals surface area contributed by atoms with E-state index in [1.54, 1.807) is 48.5 Å². The Morgan fingerprint density at radius 1 is 0.821 bits per heavy atom. The minimum Gasteiger partial charge on any atom is -0.354 e. The normalized spacial score (nSPS) is 13.1. The minimum atomic E-state index is -4.68. The van der Waals surface area contributed by atoms with Gasteiger partial charge in [-0.2, -0.15) is 8.42 Å². The maximum Gasteiger partial charge on any atom is 0.296 e. The highest BCUT2D eigenvalue weighted by Crippen LogP contribution is 2.41. The predicted octanol–water partition coefficient (Wildman–Crippen LogP) is 4.21. The number of carbonyl (C=O) groups is 2. The van der Waals surface area contributed by atoms with Crippen LogP contribution >= 0.6 is 15.9 Å². The van der Waals surface area contributed by atoms with Crippen LogP contribution < -0.4 is 5.32 Å². The van der Waals surface area contributed by atoms with Crippen LogP contribution in [0.1, 0.15) is 31.8 Å². The van der Waals surface area contributed by atoms with E-state index in [1.165, 1.54) is 6.07 Å². The lowest BCUT2D eigenvalue weighted by Gasteiger charge is -2.23. The summed E-state index contributed by atoms with van der Waals surface area (Å²) in [6, 6.07) is 16.0. The molecular formula is C20H12BrNO5S. The molecule has 0 fully saturated rings. The maximum absolute atomic E-state index is 13.2. The molecular weight excluding hydrogens is 446 g/mol. The topological polar surface area (TPSA) is 101 Å². The Morgan fingerprint density at radius 2 is 1.36 bits per heavy atom. The summed E-state index contributed by atoms with van der Waals surface area (Å²) in [5.74, 6) is -0.912. The van der Waals surface area contributed by atoms with Crippen LogP contribution in [0, 0.1) is 0 Å². The molecule has 0 amide bonds. The maximum atomic E-state index is 13.2. The smallest absolute Gasteiger partial charge is 0.296 e. The molecule has 140 valence electrons. The monoisotopic (exact) mass is 457 g/mol. The van der Waals surface area contributed by atoms with Crippen LogP contribution in [0.2, 0.25) is 0 Å². The minimum absolute atomic E-state index is 0.0505. The molecule has 1 aliphatic carbocycles. The largest absolute Gasteiger partial charge is 0.354 e. The number of rotatable bonds is 3. The predicted molar refractivity (Wildman–Crippen MR) is 107 cm³/mol. The summed E-state index contributed by atoms with van der Waals surface area (Å²) in [4.78, 5) is 25.7. The van der Waals surface area contributed by atoms with Crippen LogP contribution in [0.5, 0.6) is 0 Å². The van der Waals surface area contributed by atoms with Crippen LogP contribution in [-0.2, 0) is 10.1 Å². The van der Waals surface area contributed by atoms with Gasteiger partial charge in [-0.25, -0.2) is 0 Å². The summed E-state index contributed by atoms with van der Waals surface area (Å²) in [5.41, 5.74) is 0.723. The molecule has 3 aromatic rings. The second kappa shape index (κ2) is 6.66. The van der Waals surface area contributed by atoms with Gasteiger partial charge in [0.05, 0.1) is 16.8 Å². The van der Waals surface area contributed by atoms with Crippen LogP contribution in [-0.4, -0.2) is 24.5 Å². The number of anilines is 2. The Kier molecular flexibility index (Phi) is 4.41. The van der Waals surface area contributed by atoms with E-state index in [9.17, 15) is 22.6 Å². The Labute approximate surface area is 169 Å². The number of benzene rings is 3. The fourth-order valence-corrected chi connectivity index (χ4v) is 4.65. The number of nitrogens with one attached hydrogen (secondary N) is 1. The third kappa shape index (κ3) is 2.95. The molecule has 0 bridgehead atoms. The quantitative estimate of drug-likeness (QED) is 0.446. The van der Waals surface area contributed by atoms with Crippen LogP contribution in [0.25, 0.3) is 0 Å². The molecule has 0 unspecified atom stereocenters. The van der Waals surface area contributed by atoms with Gasteiger partial charge in [-0.1, -0.05) is 42.5 Å². The molecule has 2 N–H and O–H groups in total. The summed E-state index contributed by atoms with van der Waals surface area (Å²) in [5, 5.41) is 2.88. The zero-order valence-corrected chi connectivity index (χ0v) is 16.5. The first kappa shape index (κ1) is 18.5. The second-order valence-electron chi connectivity index (χ2n) is 6.15. The molecule has 0 aliphatic heterocycles. The van der Waals surface area contributed by atoms with Gasteiger partial charge in [0, 0.05) is 21.3 Å². The zero-order chi connectivity index (χ0) is 20.1. The zero-order valence-electron chi connectivity index (χ0n) is 14.1. The van der Waals surface area contributed by atoms with Gasteiger partial charge in [0.25, 0.3) is 10.1 Å². The van der Waals surface area contributed by atoms with Gasteiger partial charge >= 0.3 is 0 Å². The summed E-state index contributed by atoms with van der Waals surface area (Å²) >= 11 is 3.19. The van der Waals surface area contributed by atoms with Crippen molar-refractivity contribution in [1.29, 1.82) is 0 Å². The van der Waals surface area contributed by atoms with Crippen molar-refractivity contribution in [2.75, 3.05) is 5.32 Å². The lowest BCUT2D eigenvalue weighted by atomic mass is 9.83. The van der Waals surface area contributed by atoms with E-state index in [-0.39, 0.29) is 32.4 Å². The van der Waals surface area contributed by atoms with Crippen molar-refractivity contribution in [2.45, 2.75) is 4.90 Å². The van der Waals surface area contributed by atoms with E-state index >= 15 is 0 Å². The highest BCUT2D eigenvalue weighted by molar-refractivity contribution is 9.10. The van der Waals surface area contributed by atoms with Crippen LogP contribution in [0.3, 0.4) is 0 Å². The van der Waals surface area contributed by atoms with E-state index in [4.69, 9.17) is 0 Å². The molecule has 3 aromatic carbocycles. The molecule has 8 heteroatoms. The van der Waals surface area contributed by atoms with Crippen molar-refractivity contribution in [3.8, 4) is 0 Å². The molecule has 28 heavy (non-hydrogen) atoms. The molecule has 6 nitrogen and oxygen atoms in total. The number of fused-ring (bicyclic) bond motifs is 2. The molecule has 0 heterocycles. The van der Waals surface area contributed by atoms with E-state index in [0.717, 1.165) is 6.07 Å². The van der Waals surface area contributed by atoms with E-state index < -0.39 is 26.6 Å². The lowest BCUT2D eigenvalue weighted by molar-refractivity contribution is 0.0979. The summed E-state index contributed by atoms with van der Waals surface area (Å²) < 4.78 is 33.9. The fraction of sp³-hybridized carbons (Fsp3) is 0. The average Bonchev–Trinajstić information content (AvgIpc) is 2.67. The summed E-state index contributed by atoms with van der Waals surface area (Å²) in [7, 11) is -4.68. The number of hydrogen-bond acceptors (Lipinski definition) is 5. The highest BCUT2D eigenvalue weighted by atomic mass is 79.9. The summed E-state index contributed by atoms with van der Waals surface area (Å²) in [6.07, 6.45) is 0. The van der Waals surface area contributed by atoms with Crippen molar-refractivity contribution < 1.29 is 22.6 Å². The van der Waals surface area contributed by atoms with Gasteiger partial charge in [0.2, 0.25) is 0 Å². The van der Waals surface area contributed by atoms with Crippen LogP contribution in [0.4, 0.5) is 11.4 Å². The fourth-order valence-electron chi connectivity index (χ4n) is 3.22. The molecule has 0 spiro atoms. The SMILES string of the molecule is O=C1c2ccccc2C(=O)c2c(Nc3ccccc3)c(S(=O)(=O)O)cc(Br)c21. The first-order chi connectivity index (χ1) is 13.3. The van der Waals surface area contributed by atoms with Crippen molar-refractivity contribution >= 4 is 49.0 Å². The van der Waals surface area contributed by atoms with Gasteiger partial charge in [0.15, 0.2) is 11.6 Å². The van der Waals surface area contributed by atoms with Crippen molar-refractivity contribution in [3.63, 3.8) is 0 Å². The lowest BCUT2D eigenvalue weighted by Crippen LogP contribution is -2.24. The van der Waals surface area contributed by atoms with Gasteiger partial charge in [-0.05, 0) is 34.1 Å². The molecule has 0 saturated heterocycles. The number of halogens is 1. The number of para-hydroxylation sites is 1. The Balaban J connectivity index is 2.07. The molecule has 0 saturated carbocycles. The van der Waals surface area contributed by atoms with Crippen molar-refractivity contribution in [2.24, 2.45) is 0 Å². The molecule has 0 aromatic heterocycles. The van der Waals surface area contributed by atoms with Gasteiger partial charge < -0.3 is 5.32 Å². The first-order valence-electron chi connectivity index (χ1n) is 8.13. The number of carbonyl (C=O) groups excluding carboxylic acids is 2. The van der Waals surface area contributed by atoms with E-state index in [1.807, 2.05) is 0 Å². The summed E-state index contributed by atoms with van der Waals surface area (Å²) in [6.45, 7) is 0. The first-order valence-corrected chi connectivity index (χ1v) is 10.4. The third-order valence-corrected chi connectivity index (χ3v) is 5.94. The van der Waals surface area contributed by atoms with Crippen molar-refractivity contribution in [3.05, 3.63) is 87.4 Å². The molecule has 1 aliphatic rings. The van der Waals surface area contributed by atoms with Crippen LogP contribution in [0.15, 0.2) is 70.0 Å². The van der Waals surface area contributed by atoms with E-state index in [2.05, 4.69) is 21.2 Å². The Bertz CT molecular complexity index is 1250. The second-order valence-corrected chi connectivity index (χ2v) is 8.40. The average molecular weight is 458 g/mol. The molecule has 4 rings (SSSR count). The van der Waals surface area contributed by atoms with Gasteiger partial charge in [-0.3, -0.25) is 14.1 Å². The Morgan fingerprint density at radius 3 is 1.93 bits per heavy atom. The van der Waals surface area contributed by atoms with E-state index in [0.29, 0.717) is 5.69 Å². The number of ketones is 2. The Hall–Kier alpha value is -2.81. The number of hydrogen-bond donors (Lipinski definition) is 2. The molecule has 0 atom stereocenters. The van der Waals surface area contributed by atoms with Gasteiger partial charge in [0.1, 0.15) is 4.90 Å². The van der Waals surface area contributed by atoms with Crippen molar-refractivity contribution in [1.82, 2.24) is 0 Å². The highest BCUT2D eigenvalue weighted by Gasteiger charge is 2.36.